The summed E-state index contributed by atoms with van der Waals surface area (Å²) >= 11 is 0. The topological polar surface area (TPSA) is 38.3 Å². The third-order valence-electron chi connectivity index (χ3n) is 2.58. The van der Waals surface area contributed by atoms with Gasteiger partial charge in [0.1, 0.15) is 0 Å². The van der Waals surface area contributed by atoms with Gasteiger partial charge in [-0.3, -0.25) is 0 Å². The molecule has 3 heteroatoms. The van der Waals surface area contributed by atoms with Gasteiger partial charge in [0.05, 0.1) is 12.6 Å². The Morgan fingerprint density at radius 3 is 2.53 bits per heavy atom. The summed E-state index contributed by atoms with van der Waals surface area (Å²) in [5.74, 6) is 0. The molecular formula is C12H15NO2. The predicted molar refractivity (Wildman–Crippen MR) is 57.8 cm³/mol. The number of nitrogens with one attached hydrogen (secondary N) is 1. The van der Waals surface area contributed by atoms with E-state index in [1.165, 1.54) is 16.7 Å². The maximum atomic E-state index is 11.1. The molecular weight excluding hydrogens is 190 g/mol. The highest BCUT2D eigenvalue weighted by Gasteiger charge is 2.20. The third kappa shape index (κ3) is 2.29. The zero-order chi connectivity index (χ0) is 10.8. The average molecular weight is 205 g/mol. The van der Waals surface area contributed by atoms with E-state index in [1.807, 2.05) is 0 Å². The lowest BCUT2D eigenvalue weighted by atomic mass is 9.99. The fourth-order valence-corrected chi connectivity index (χ4v) is 1.99. The number of carbonyl (C=O) groups excluding carboxylic acids is 1. The van der Waals surface area contributed by atoms with Crippen LogP contribution in [0.2, 0.25) is 0 Å². The molecule has 1 aliphatic heterocycles. The van der Waals surface area contributed by atoms with Gasteiger partial charge in [-0.1, -0.05) is 29.3 Å². The first-order valence-electron chi connectivity index (χ1n) is 5.16. The molecule has 0 aliphatic carbocycles. The molecule has 1 aromatic rings. The average Bonchev–Trinajstić information content (AvgIpc) is 2.16. The minimum atomic E-state index is -0.314. The molecule has 1 aliphatic rings. The minimum Gasteiger partial charge on any atom is -0.449 e. The van der Waals surface area contributed by atoms with Crippen LogP contribution in [0.4, 0.5) is 4.79 Å². The van der Waals surface area contributed by atoms with Crippen LogP contribution < -0.4 is 5.32 Å². The summed E-state index contributed by atoms with van der Waals surface area (Å²) in [6.45, 7) is 4.64. The Balaban J connectivity index is 2.24. The van der Waals surface area contributed by atoms with Crippen molar-refractivity contribution in [1.29, 1.82) is 0 Å². The second kappa shape index (κ2) is 3.93. The van der Waals surface area contributed by atoms with Crippen molar-refractivity contribution in [1.82, 2.24) is 5.32 Å². The van der Waals surface area contributed by atoms with Crippen LogP contribution in [-0.2, 0) is 4.74 Å². The minimum absolute atomic E-state index is 0.102. The highest BCUT2D eigenvalue weighted by molar-refractivity contribution is 5.68. The van der Waals surface area contributed by atoms with Crippen LogP contribution in [0.15, 0.2) is 18.2 Å². The first-order valence-corrected chi connectivity index (χ1v) is 5.16. The number of benzene rings is 1. The van der Waals surface area contributed by atoms with Crippen molar-refractivity contribution < 1.29 is 9.53 Å². The van der Waals surface area contributed by atoms with Crippen molar-refractivity contribution >= 4 is 6.09 Å². The Hall–Kier alpha value is -1.51. The number of amides is 1. The Morgan fingerprint density at radius 2 is 1.93 bits per heavy atom. The third-order valence-corrected chi connectivity index (χ3v) is 2.58. The number of ether oxygens (including phenoxy) is 1. The quantitative estimate of drug-likeness (QED) is 0.764. The van der Waals surface area contributed by atoms with Gasteiger partial charge in [0.2, 0.25) is 0 Å². The number of aryl methyl sites for hydroxylation is 2. The summed E-state index contributed by atoms with van der Waals surface area (Å²) in [6.07, 6.45) is 0.527. The van der Waals surface area contributed by atoms with E-state index in [-0.39, 0.29) is 12.1 Å². The normalized spacial score (nSPS) is 20.7. The van der Waals surface area contributed by atoms with Gasteiger partial charge in [0.25, 0.3) is 0 Å². The van der Waals surface area contributed by atoms with Gasteiger partial charge in [-0.15, -0.1) is 0 Å². The first kappa shape index (κ1) is 10.0. The Bertz CT molecular complexity index is 367. The SMILES string of the molecule is Cc1cc(C)cc([C@@H]2CCOC(=O)N2)c1. The summed E-state index contributed by atoms with van der Waals surface area (Å²) in [5.41, 5.74) is 3.63. The molecule has 3 nitrogen and oxygen atoms in total. The van der Waals surface area contributed by atoms with Crippen LogP contribution in [0.5, 0.6) is 0 Å². The molecule has 1 saturated heterocycles. The van der Waals surface area contributed by atoms with E-state index in [2.05, 4.69) is 37.4 Å². The van der Waals surface area contributed by atoms with Gasteiger partial charge in [0.15, 0.2) is 0 Å². The Labute approximate surface area is 89.4 Å². The second-order valence-electron chi connectivity index (χ2n) is 4.04. The molecule has 0 bridgehead atoms. The fourth-order valence-electron chi connectivity index (χ4n) is 1.99. The molecule has 80 valence electrons. The lowest BCUT2D eigenvalue weighted by Crippen LogP contribution is -2.35. The molecule has 1 amide bonds. The molecule has 0 radical (unpaired) electrons. The van der Waals surface area contributed by atoms with E-state index < -0.39 is 0 Å². The summed E-state index contributed by atoms with van der Waals surface area (Å²) in [6, 6.07) is 6.46. The largest absolute Gasteiger partial charge is 0.449 e. The summed E-state index contributed by atoms with van der Waals surface area (Å²) in [5, 5.41) is 2.83. The number of hydrogen-bond donors (Lipinski definition) is 1. The highest BCUT2D eigenvalue weighted by atomic mass is 16.5. The predicted octanol–water partition coefficient (Wildman–Crippen LogP) is 2.47. The van der Waals surface area contributed by atoms with Crippen molar-refractivity contribution in [3.8, 4) is 0 Å². The number of carbonyl (C=O) groups is 1. The van der Waals surface area contributed by atoms with Gasteiger partial charge in [-0.05, 0) is 19.4 Å². The molecule has 0 spiro atoms. The maximum Gasteiger partial charge on any atom is 0.407 e. The summed E-state index contributed by atoms with van der Waals surface area (Å²) < 4.78 is 4.84. The van der Waals surface area contributed by atoms with E-state index >= 15 is 0 Å². The van der Waals surface area contributed by atoms with Crippen molar-refractivity contribution in [2.45, 2.75) is 26.3 Å². The molecule has 0 saturated carbocycles. The molecule has 2 rings (SSSR count). The van der Waals surface area contributed by atoms with Crippen molar-refractivity contribution in [2.75, 3.05) is 6.61 Å². The molecule has 1 heterocycles. The van der Waals surface area contributed by atoms with E-state index in [4.69, 9.17) is 4.74 Å². The second-order valence-corrected chi connectivity index (χ2v) is 4.04. The van der Waals surface area contributed by atoms with E-state index in [1.54, 1.807) is 0 Å². The summed E-state index contributed by atoms with van der Waals surface area (Å²) in [4.78, 5) is 11.1. The van der Waals surface area contributed by atoms with Crippen LogP contribution >= 0.6 is 0 Å². The van der Waals surface area contributed by atoms with Crippen molar-refractivity contribution in [3.05, 3.63) is 34.9 Å². The summed E-state index contributed by atoms with van der Waals surface area (Å²) in [7, 11) is 0. The van der Waals surface area contributed by atoms with Gasteiger partial charge < -0.3 is 10.1 Å². The molecule has 0 aromatic heterocycles. The van der Waals surface area contributed by atoms with Gasteiger partial charge >= 0.3 is 6.09 Å². The van der Waals surface area contributed by atoms with Gasteiger partial charge in [-0.25, -0.2) is 4.79 Å². The molecule has 0 unspecified atom stereocenters. The number of alkyl carbamates (subject to hydrolysis) is 1. The van der Waals surface area contributed by atoms with Crippen LogP contribution in [-0.4, -0.2) is 12.7 Å². The molecule has 15 heavy (non-hydrogen) atoms. The van der Waals surface area contributed by atoms with E-state index in [0.717, 1.165) is 6.42 Å². The Kier molecular flexibility index (Phi) is 2.62. The molecule has 1 fully saturated rings. The van der Waals surface area contributed by atoms with Gasteiger partial charge in [0, 0.05) is 6.42 Å². The maximum absolute atomic E-state index is 11.1. The van der Waals surface area contributed by atoms with Crippen LogP contribution in [0.1, 0.15) is 29.2 Å². The number of rotatable bonds is 1. The monoisotopic (exact) mass is 205 g/mol. The van der Waals surface area contributed by atoms with E-state index in [9.17, 15) is 4.79 Å². The lowest BCUT2D eigenvalue weighted by molar-refractivity contribution is 0.115. The molecule has 1 aromatic carbocycles. The fraction of sp³-hybridized carbons (Fsp3) is 0.417. The first-order chi connectivity index (χ1) is 7.15. The van der Waals surface area contributed by atoms with Crippen molar-refractivity contribution in [3.63, 3.8) is 0 Å². The van der Waals surface area contributed by atoms with Crippen LogP contribution in [0.3, 0.4) is 0 Å². The smallest absolute Gasteiger partial charge is 0.407 e. The number of cyclic esters (lactones) is 1. The zero-order valence-electron chi connectivity index (χ0n) is 9.04. The van der Waals surface area contributed by atoms with Crippen LogP contribution in [0.25, 0.3) is 0 Å². The highest BCUT2D eigenvalue weighted by Crippen LogP contribution is 2.22. The van der Waals surface area contributed by atoms with Gasteiger partial charge in [-0.2, -0.15) is 0 Å². The van der Waals surface area contributed by atoms with Crippen molar-refractivity contribution in [2.24, 2.45) is 0 Å². The molecule has 1 atom stereocenters. The van der Waals surface area contributed by atoms with E-state index in [0.29, 0.717) is 6.61 Å². The zero-order valence-corrected chi connectivity index (χ0v) is 9.04. The van der Waals surface area contributed by atoms with Crippen LogP contribution in [0, 0.1) is 13.8 Å². The molecule has 1 N–H and O–H groups in total. The Morgan fingerprint density at radius 1 is 1.27 bits per heavy atom. The standard InChI is InChI=1S/C12H15NO2/c1-8-5-9(2)7-10(6-8)11-3-4-15-12(14)13-11/h5-7,11H,3-4H2,1-2H3,(H,13,14)/t11-/m0/s1. The number of hydrogen-bond acceptors (Lipinski definition) is 2. The lowest BCUT2D eigenvalue weighted by Gasteiger charge is -2.24.